The molecule has 1 N–H and O–H groups in total. The van der Waals surface area contributed by atoms with Crippen molar-refractivity contribution in [3.05, 3.63) is 29.3 Å². The van der Waals surface area contributed by atoms with Gasteiger partial charge in [-0.15, -0.1) is 0 Å². The minimum atomic E-state index is 0.194. The van der Waals surface area contributed by atoms with Gasteiger partial charge in [0.2, 0.25) is 5.91 Å². The highest BCUT2D eigenvalue weighted by Gasteiger charge is 2.16. The normalized spacial score (nSPS) is 16.7. The fourth-order valence-corrected chi connectivity index (χ4v) is 2.81. The maximum atomic E-state index is 11.4. The summed E-state index contributed by atoms with van der Waals surface area (Å²) in [5, 5.41) is 2.98. The van der Waals surface area contributed by atoms with Gasteiger partial charge in [-0.25, -0.2) is 0 Å². The zero-order chi connectivity index (χ0) is 13.7. The topological polar surface area (TPSA) is 32.3 Å². The van der Waals surface area contributed by atoms with Gasteiger partial charge in [-0.3, -0.25) is 4.79 Å². The first kappa shape index (κ1) is 13.9. The lowest BCUT2D eigenvalue weighted by Gasteiger charge is -2.31. The zero-order valence-corrected chi connectivity index (χ0v) is 12.0. The van der Waals surface area contributed by atoms with E-state index < -0.39 is 0 Å². The monoisotopic (exact) mass is 260 g/mol. The van der Waals surface area contributed by atoms with Crippen LogP contribution in [0.1, 0.15) is 37.8 Å². The molecule has 2 rings (SSSR count). The van der Waals surface area contributed by atoms with E-state index in [1.165, 1.54) is 16.8 Å². The van der Waals surface area contributed by atoms with Crippen molar-refractivity contribution in [2.75, 3.05) is 24.5 Å². The SMILES string of the molecule is CCc1cccc(CC)c1N1CCCC(=O)NCC1. The molecule has 0 aromatic heterocycles. The number of anilines is 1. The lowest BCUT2D eigenvalue weighted by Crippen LogP contribution is -2.39. The summed E-state index contributed by atoms with van der Waals surface area (Å²) in [7, 11) is 0. The number of benzene rings is 1. The summed E-state index contributed by atoms with van der Waals surface area (Å²) in [4.78, 5) is 13.9. The number of para-hydroxylation sites is 1. The number of amides is 1. The lowest BCUT2D eigenvalue weighted by molar-refractivity contribution is -0.121. The summed E-state index contributed by atoms with van der Waals surface area (Å²) in [6, 6.07) is 6.62. The predicted molar refractivity (Wildman–Crippen MR) is 79.7 cm³/mol. The van der Waals surface area contributed by atoms with E-state index in [0.717, 1.165) is 38.9 Å². The van der Waals surface area contributed by atoms with Crippen LogP contribution in [0.5, 0.6) is 0 Å². The van der Waals surface area contributed by atoms with Crippen LogP contribution in [0.4, 0.5) is 5.69 Å². The second-order valence-corrected chi connectivity index (χ2v) is 5.07. The Labute approximate surface area is 116 Å². The number of carbonyl (C=O) groups is 1. The van der Waals surface area contributed by atoms with Crippen LogP contribution in [-0.4, -0.2) is 25.5 Å². The van der Waals surface area contributed by atoms with Gasteiger partial charge in [0.15, 0.2) is 0 Å². The van der Waals surface area contributed by atoms with Gasteiger partial charge in [0.1, 0.15) is 0 Å². The standard InChI is InChI=1S/C16H24N2O/c1-3-13-7-5-8-14(4-2)16(13)18-11-6-9-15(19)17-10-12-18/h5,7-8H,3-4,6,9-12H2,1-2H3,(H,17,19). The molecule has 1 heterocycles. The Morgan fingerprint density at radius 1 is 1.16 bits per heavy atom. The molecule has 3 nitrogen and oxygen atoms in total. The number of aryl methyl sites for hydroxylation is 2. The Morgan fingerprint density at radius 3 is 2.47 bits per heavy atom. The Balaban J connectivity index is 2.26. The number of nitrogens with one attached hydrogen (secondary N) is 1. The van der Waals surface area contributed by atoms with Crippen molar-refractivity contribution in [2.24, 2.45) is 0 Å². The van der Waals surface area contributed by atoms with Gasteiger partial charge < -0.3 is 10.2 Å². The number of hydrogen-bond acceptors (Lipinski definition) is 2. The van der Waals surface area contributed by atoms with Crippen LogP contribution in [0.3, 0.4) is 0 Å². The average molecular weight is 260 g/mol. The van der Waals surface area contributed by atoms with Crippen molar-refractivity contribution < 1.29 is 4.79 Å². The molecule has 1 fully saturated rings. The molecule has 1 aromatic rings. The molecule has 1 amide bonds. The Morgan fingerprint density at radius 2 is 1.84 bits per heavy atom. The molecular formula is C16H24N2O. The zero-order valence-electron chi connectivity index (χ0n) is 12.0. The third-order valence-corrected chi connectivity index (χ3v) is 3.82. The van der Waals surface area contributed by atoms with E-state index in [9.17, 15) is 4.79 Å². The quantitative estimate of drug-likeness (QED) is 0.905. The Hall–Kier alpha value is -1.51. The molecule has 3 heteroatoms. The van der Waals surface area contributed by atoms with E-state index in [-0.39, 0.29) is 5.91 Å². The fraction of sp³-hybridized carbons (Fsp3) is 0.562. The molecule has 0 aliphatic carbocycles. The van der Waals surface area contributed by atoms with Crippen molar-refractivity contribution >= 4 is 11.6 Å². The van der Waals surface area contributed by atoms with Gasteiger partial charge in [0, 0.05) is 31.7 Å². The molecule has 1 saturated heterocycles. The first-order chi connectivity index (χ1) is 9.26. The molecule has 0 saturated carbocycles. The summed E-state index contributed by atoms with van der Waals surface area (Å²) < 4.78 is 0. The first-order valence-corrected chi connectivity index (χ1v) is 7.38. The summed E-state index contributed by atoms with van der Waals surface area (Å²) in [5.74, 6) is 0.194. The van der Waals surface area contributed by atoms with Gasteiger partial charge in [0.05, 0.1) is 0 Å². The van der Waals surface area contributed by atoms with Gasteiger partial charge in [-0.2, -0.15) is 0 Å². The third kappa shape index (κ3) is 3.28. The third-order valence-electron chi connectivity index (χ3n) is 3.82. The molecule has 1 aliphatic heterocycles. The second kappa shape index (κ2) is 6.60. The van der Waals surface area contributed by atoms with E-state index in [2.05, 4.69) is 42.3 Å². The van der Waals surface area contributed by atoms with E-state index in [4.69, 9.17) is 0 Å². The number of carbonyl (C=O) groups excluding carboxylic acids is 1. The molecule has 0 spiro atoms. The fourth-order valence-electron chi connectivity index (χ4n) is 2.81. The van der Waals surface area contributed by atoms with Crippen LogP contribution in [0.2, 0.25) is 0 Å². The van der Waals surface area contributed by atoms with Crippen molar-refractivity contribution in [1.82, 2.24) is 5.32 Å². The number of nitrogens with zero attached hydrogens (tertiary/aromatic N) is 1. The smallest absolute Gasteiger partial charge is 0.220 e. The van der Waals surface area contributed by atoms with Crippen LogP contribution in [0.15, 0.2) is 18.2 Å². The van der Waals surface area contributed by atoms with E-state index in [1.807, 2.05) is 0 Å². The Bertz CT molecular complexity index is 408. The molecule has 1 aromatic carbocycles. The van der Waals surface area contributed by atoms with Crippen molar-refractivity contribution in [3.63, 3.8) is 0 Å². The van der Waals surface area contributed by atoms with Crippen molar-refractivity contribution in [1.29, 1.82) is 0 Å². The summed E-state index contributed by atoms with van der Waals surface area (Å²) in [6.45, 7) is 7.07. The van der Waals surface area contributed by atoms with Crippen LogP contribution in [0.25, 0.3) is 0 Å². The highest BCUT2D eigenvalue weighted by atomic mass is 16.1. The summed E-state index contributed by atoms with van der Waals surface area (Å²) >= 11 is 0. The van der Waals surface area contributed by atoms with Gasteiger partial charge in [0.25, 0.3) is 0 Å². The van der Waals surface area contributed by atoms with Crippen LogP contribution in [0, 0.1) is 0 Å². The number of hydrogen-bond donors (Lipinski definition) is 1. The highest BCUT2D eigenvalue weighted by Crippen LogP contribution is 2.27. The highest BCUT2D eigenvalue weighted by molar-refractivity contribution is 5.76. The molecule has 0 bridgehead atoms. The molecule has 0 atom stereocenters. The van der Waals surface area contributed by atoms with E-state index >= 15 is 0 Å². The average Bonchev–Trinajstić information content (AvgIpc) is 2.42. The van der Waals surface area contributed by atoms with Crippen molar-refractivity contribution in [2.45, 2.75) is 39.5 Å². The maximum Gasteiger partial charge on any atom is 0.220 e. The molecule has 1 aliphatic rings. The van der Waals surface area contributed by atoms with Crippen LogP contribution >= 0.6 is 0 Å². The maximum absolute atomic E-state index is 11.4. The largest absolute Gasteiger partial charge is 0.369 e. The van der Waals surface area contributed by atoms with Gasteiger partial charge >= 0.3 is 0 Å². The molecule has 19 heavy (non-hydrogen) atoms. The summed E-state index contributed by atoms with van der Waals surface area (Å²) in [5.41, 5.74) is 4.25. The van der Waals surface area contributed by atoms with E-state index in [0.29, 0.717) is 6.42 Å². The van der Waals surface area contributed by atoms with Gasteiger partial charge in [-0.05, 0) is 30.4 Å². The van der Waals surface area contributed by atoms with E-state index in [1.54, 1.807) is 0 Å². The second-order valence-electron chi connectivity index (χ2n) is 5.07. The summed E-state index contributed by atoms with van der Waals surface area (Å²) in [6.07, 6.45) is 3.71. The molecule has 0 unspecified atom stereocenters. The number of rotatable bonds is 3. The molecule has 104 valence electrons. The minimum absolute atomic E-state index is 0.194. The van der Waals surface area contributed by atoms with Gasteiger partial charge in [-0.1, -0.05) is 32.0 Å². The minimum Gasteiger partial charge on any atom is -0.369 e. The first-order valence-electron chi connectivity index (χ1n) is 7.38. The van der Waals surface area contributed by atoms with Crippen LogP contribution < -0.4 is 10.2 Å². The Kier molecular flexibility index (Phi) is 4.83. The molecular weight excluding hydrogens is 236 g/mol. The molecule has 0 radical (unpaired) electrons. The van der Waals surface area contributed by atoms with Crippen molar-refractivity contribution in [3.8, 4) is 0 Å². The lowest BCUT2D eigenvalue weighted by atomic mass is 10.0. The van der Waals surface area contributed by atoms with Crippen LogP contribution in [-0.2, 0) is 17.6 Å². The predicted octanol–water partition coefficient (Wildman–Crippen LogP) is 2.53.